The largest absolute Gasteiger partial charge is 0.250 e. The maximum atomic E-state index is 12.3. The molecule has 3 nitrogen and oxygen atoms in total. The maximum Gasteiger partial charge on any atom is 0.250 e. The van der Waals surface area contributed by atoms with E-state index in [2.05, 4.69) is 34.5 Å². The van der Waals surface area contributed by atoms with Crippen molar-refractivity contribution < 1.29 is 8.42 Å². The number of nitrogens with one attached hydrogen (secondary N) is 1. The molecule has 1 aliphatic rings. The Hall–Kier alpha value is 0.0900. The van der Waals surface area contributed by atoms with Gasteiger partial charge in [-0.3, -0.25) is 0 Å². The third-order valence-electron chi connectivity index (χ3n) is 4.02. The summed E-state index contributed by atoms with van der Waals surface area (Å²) in [4.78, 5) is 0. The van der Waals surface area contributed by atoms with Gasteiger partial charge in [0.05, 0.1) is 3.79 Å². The molecule has 0 bridgehead atoms. The van der Waals surface area contributed by atoms with Crippen molar-refractivity contribution in [2.75, 3.05) is 0 Å². The highest BCUT2D eigenvalue weighted by Crippen LogP contribution is 2.33. The second-order valence-electron chi connectivity index (χ2n) is 5.61. The molecule has 0 aliphatic heterocycles. The van der Waals surface area contributed by atoms with Crippen LogP contribution in [-0.2, 0) is 10.0 Å². The van der Waals surface area contributed by atoms with Crippen molar-refractivity contribution >= 4 is 37.3 Å². The van der Waals surface area contributed by atoms with E-state index in [0.717, 1.165) is 28.6 Å². The minimum atomic E-state index is -3.36. The van der Waals surface area contributed by atoms with E-state index in [-0.39, 0.29) is 6.04 Å². The van der Waals surface area contributed by atoms with Gasteiger partial charge in [-0.2, -0.15) is 0 Å². The van der Waals surface area contributed by atoms with Gasteiger partial charge in [0, 0.05) is 6.04 Å². The standard InChI is InChI=1S/C13H20BrNO2S2/c1-8-4-5-11(6-9(8)2)15-19(16,17)12-7-10(3)13(14)18-12/h7-9,11,15H,4-6H2,1-3H3. The third kappa shape index (κ3) is 3.60. The van der Waals surface area contributed by atoms with Crippen LogP contribution in [-0.4, -0.2) is 14.5 Å². The summed E-state index contributed by atoms with van der Waals surface area (Å²) in [7, 11) is -3.36. The van der Waals surface area contributed by atoms with E-state index in [1.165, 1.54) is 11.3 Å². The van der Waals surface area contributed by atoms with Crippen molar-refractivity contribution in [3.05, 3.63) is 15.4 Å². The number of sulfonamides is 1. The van der Waals surface area contributed by atoms with Crippen LogP contribution in [0.5, 0.6) is 0 Å². The quantitative estimate of drug-likeness (QED) is 0.881. The highest BCUT2D eigenvalue weighted by atomic mass is 79.9. The summed E-state index contributed by atoms with van der Waals surface area (Å²) in [5.74, 6) is 1.28. The molecule has 1 aromatic heterocycles. The molecule has 1 fully saturated rings. The molecule has 0 aromatic carbocycles. The Morgan fingerprint density at radius 1 is 1.32 bits per heavy atom. The van der Waals surface area contributed by atoms with E-state index in [1.54, 1.807) is 6.07 Å². The number of hydrogen-bond acceptors (Lipinski definition) is 3. The summed E-state index contributed by atoms with van der Waals surface area (Å²) in [5.41, 5.74) is 0.969. The lowest BCUT2D eigenvalue weighted by atomic mass is 9.79. The van der Waals surface area contributed by atoms with Crippen molar-refractivity contribution in [2.24, 2.45) is 11.8 Å². The van der Waals surface area contributed by atoms with Crippen LogP contribution in [0, 0.1) is 18.8 Å². The second-order valence-corrected chi connectivity index (χ2v) is 9.92. The molecule has 1 heterocycles. The van der Waals surface area contributed by atoms with E-state index in [0.29, 0.717) is 16.0 Å². The minimum absolute atomic E-state index is 0.0809. The SMILES string of the molecule is Cc1cc(S(=O)(=O)NC2CCC(C)C(C)C2)sc1Br. The fourth-order valence-corrected chi connectivity index (χ4v) is 6.02. The van der Waals surface area contributed by atoms with Crippen LogP contribution in [0.4, 0.5) is 0 Å². The Morgan fingerprint density at radius 2 is 2.00 bits per heavy atom. The molecule has 0 radical (unpaired) electrons. The lowest BCUT2D eigenvalue weighted by Gasteiger charge is -2.32. The molecule has 19 heavy (non-hydrogen) atoms. The van der Waals surface area contributed by atoms with Gasteiger partial charge in [-0.1, -0.05) is 13.8 Å². The Labute approximate surface area is 128 Å². The Balaban J connectivity index is 2.09. The predicted molar refractivity (Wildman–Crippen MR) is 83.0 cm³/mol. The molecule has 6 heteroatoms. The average molecular weight is 366 g/mol. The van der Waals surface area contributed by atoms with Crippen molar-refractivity contribution in [3.63, 3.8) is 0 Å². The lowest BCUT2D eigenvalue weighted by molar-refractivity contribution is 0.242. The van der Waals surface area contributed by atoms with Crippen molar-refractivity contribution in [1.82, 2.24) is 4.72 Å². The van der Waals surface area contributed by atoms with Gasteiger partial charge in [-0.25, -0.2) is 13.1 Å². The van der Waals surface area contributed by atoms with E-state index >= 15 is 0 Å². The van der Waals surface area contributed by atoms with Crippen molar-refractivity contribution in [3.8, 4) is 0 Å². The van der Waals surface area contributed by atoms with E-state index in [9.17, 15) is 8.42 Å². The zero-order chi connectivity index (χ0) is 14.2. The lowest BCUT2D eigenvalue weighted by Crippen LogP contribution is -2.39. The molecule has 3 unspecified atom stereocenters. The molecule has 0 saturated heterocycles. The average Bonchev–Trinajstić information content (AvgIpc) is 2.65. The Bertz CT molecular complexity index is 533. The van der Waals surface area contributed by atoms with Crippen molar-refractivity contribution in [1.29, 1.82) is 0 Å². The number of thiophene rings is 1. The summed E-state index contributed by atoms with van der Waals surface area (Å²) in [6.07, 6.45) is 2.98. The summed E-state index contributed by atoms with van der Waals surface area (Å²) in [6, 6.07) is 1.81. The molecular weight excluding hydrogens is 346 g/mol. The van der Waals surface area contributed by atoms with Gasteiger partial charge < -0.3 is 0 Å². The first kappa shape index (κ1) is 15.5. The van der Waals surface area contributed by atoms with Gasteiger partial charge in [0.15, 0.2) is 0 Å². The van der Waals surface area contributed by atoms with Crippen LogP contribution >= 0.6 is 27.3 Å². The predicted octanol–water partition coefficient (Wildman–Crippen LogP) is 3.92. The molecule has 3 atom stereocenters. The number of aryl methyl sites for hydroxylation is 1. The smallest absolute Gasteiger partial charge is 0.207 e. The van der Waals surface area contributed by atoms with Gasteiger partial charge in [0.25, 0.3) is 0 Å². The molecular formula is C13H20BrNO2S2. The first-order valence-corrected chi connectivity index (χ1v) is 9.67. The molecule has 0 spiro atoms. The zero-order valence-electron chi connectivity index (χ0n) is 11.4. The topological polar surface area (TPSA) is 46.2 Å². The van der Waals surface area contributed by atoms with E-state index in [4.69, 9.17) is 0 Å². The highest BCUT2D eigenvalue weighted by Gasteiger charge is 2.29. The molecule has 1 N–H and O–H groups in total. The van der Waals surface area contributed by atoms with Crippen LogP contribution in [0.3, 0.4) is 0 Å². The van der Waals surface area contributed by atoms with Crippen LogP contribution in [0.15, 0.2) is 14.1 Å². The molecule has 0 amide bonds. The number of hydrogen-bond donors (Lipinski definition) is 1. The first-order chi connectivity index (χ1) is 8.79. The summed E-state index contributed by atoms with van der Waals surface area (Å²) in [5, 5.41) is 0. The first-order valence-electron chi connectivity index (χ1n) is 6.58. The van der Waals surface area contributed by atoms with Gasteiger partial charge in [-0.15, -0.1) is 11.3 Å². The molecule has 2 rings (SSSR count). The Kier molecular flexibility index (Phi) is 4.75. The number of halogens is 1. The van der Waals surface area contributed by atoms with Gasteiger partial charge in [0.2, 0.25) is 10.0 Å². The van der Waals surface area contributed by atoms with Gasteiger partial charge in [0.1, 0.15) is 4.21 Å². The van der Waals surface area contributed by atoms with Crippen LogP contribution in [0.2, 0.25) is 0 Å². The van der Waals surface area contributed by atoms with E-state index < -0.39 is 10.0 Å². The molecule has 1 saturated carbocycles. The normalized spacial score (nSPS) is 28.5. The van der Waals surface area contributed by atoms with E-state index in [1.807, 2.05) is 6.92 Å². The fourth-order valence-electron chi connectivity index (χ4n) is 2.50. The van der Waals surface area contributed by atoms with Gasteiger partial charge in [-0.05, 0) is 65.6 Å². The maximum absolute atomic E-state index is 12.3. The zero-order valence-corrected chi connectivity index (χ0v) is 14.7. The molecule has 108 valence electrons. The van der Waals surface area contributed by atoms with Crippen LogP contribution < -0.4 is 4.72 Å². The number of rotatable bonds is 3. The molecule has 1 aliphatic carbocycles. The van der Waals surface area contributed by atoms with Crippen LogP contribution in [0.25, 0.3) is 0 Å². The summed E-state index contributed by atoms with van der Waals surface area (Å²) >= 11 is 4.65. The summed E-state index contributed by atoms with van der Waals surface area (Å²) in [6.45, 7) is 6.36. The monoisotopic (exact) mass is 365 g/mol. The minimum Gasteiger partial charge on any atom is -0.207 e. The van der Waals surface area contributed by atoms with Crippen molar-refractivity contribution in [2.45, 2.75) is 50.3 Å². The Morgan fingerprint density at radius 3 is 2.53 bits per heavy atom. The second kappa shape index (κ2) is 5.84. The van der Waals surface area contributed by atoms with Gasteiger partial charge >= 0.3 is 0 Å². The third-order valence-corrected chi connectivity index (χ3v) is 8.15. The fraction of sp³-hybridized carbons (Fsp3) is 0.692. The highest BCUT2D eigenvalue weighted by molar-refractivity contribution is 9.11. The molecule has 1 aromatic rings. The summed E-state index contributed by atoms with van der Waals surface area (Å²) < 4.78 is 28.8. The van der Waals surface area contributed by atoms with Crippen LogP contribution in [0.1, 0.15) is 38.7 Å².